The molecule has 0 bridgehead atoms. The van der Waals surface area contributed by atoms with Crippen LogP contribution in [-0.4, -0.2) is 11.7 Å². The van der Waals surface area contributed by atoms with Crippen LogP contribution in [0.4, 0.5) is 0 Å². The molecule has 82 valence electrons. The average molecular weight is 262 g/mol. The van der Waals surface area contributed by atoms with E-state index in [0.717, 1.165) is 19.4 Å². The standard InChI is InChI=1S/C10H16NO.CH4.BrH/c1-2-11-7-5-10(6-8-11)4-3-9-12;;/h5-8,12H,2-4,9H2,1H3;1H4;1H/q+1;;/p-1. The van der Waals surface area contributed by atoms with Crippen molar-refractivity contribution in [3.05, 3.63) is 30.1 Å². The summed E-state index contributed by atoms with van der Waals surface area (Å²) in [6.07, 6.45) is 5.98. The zero-order valence-corrected chi connectivity index (χ0v) is 9.50. The van der Waals surface area contributed by atoms with Gasteiger partial charge < -0.3 is 22.1 Å². The second-order valence-electron chi connectivity index (χ2n) is 2.86. The van der Waals surface area contributed by atoms with Gasteiger partial charge in [0.05, 0.1) is 0 Å². The van der Waals surface area contributed by atoms with Gasteiger partial charge in [-0.05, 0) is 25.3 Å². The number of rotatable bonds is 4. The Morgan fingerprint density at radius 2 is 1.86 bits per heavy atom. The molecule has 0 spiro atoms. The summed E-state index contributed by atoms with van der Waals surface area (Å²) in [4.78, 5) is 0. The molecule has 0 fully saturated rings. The molecule has 1 aromatic heterocycles. The van der Waals surface area contributed by atoms with E-state index in [9.17, 15) is 0 Å². The van der Waals surface area contributed by atoms with Crippen LogP contribution in [0.2, 0.25) is 0 Å². The summed E-state index contributed by atoms with van der Waals surface area (Å²) in [5.74, 6) is 0. The second-order valence-corrected chi connectivity index (χ2v) is 2.86. The lowest BCUT2D eigenvalue weighted by atomic mass is 10.1. The van der Waals surface area contributed by atoms with E-state index in [2.05, 4.69) is 36.0 Å². The number of aryl methyl sites for hydroxylation is 2. The SMILES string of the molecule is C.CC[n+]1ccc(CCCO)cc1.[Br-]. The summed E-state index contributed by atoms with van der Waals surface area (Å²) in [6.45, 7) is 3.41. The molecule has 0 radical (unpaired) electrons. The predicted octanol–water partition coefficient (Wildman–Crippen LogP) is -1.44. The lowest BCUT2D eigenvalue weighted by Crippen LogP contribution is -3.00. The molecule has 0 aliphatic carbocycles. The normalized spacial score (nSPS) is 8.71. The molecular weight excluding hydrogens is 242 g/mol. The average Bonchev–Trinajstić information content (AvgIpc) is 2.15. The molecule has 0 unspecified atom stereocenters. The van der Waals surface area contributed by atoms with Gasteiger partial charge in [0.25, 0.3) is 0 Å². The third-order valence-electron chi connectivity index (χ3n) is 1.95. The number of aliphatic hydroxyl groups excluding tert-OH is 1. The molecular formula is C11H20BrNO. The minimum Gasteiger partial charge on any atom is -1.00 e. The zero-order valence-electron chi connectivity index (χ0n) is 7.91. The molecule has 0 aromatic carbocycles. The van der Waals surface area contributed by atoms with Crippen LogP contribution in [0, 0.1) is 0 Å². The summed E-state index contributed by atoms with van der Waals surface area (Å²) < 4.78 is 2.13. The molecule has 0 amide bonds. The van der Waals surface area contributed by atoms with Crippen molar-refractivity contribution in [1.29, 1.82) is 0 Å². The molecule has 1 N–H and O–H groups in total. The van der Waals surface area contributed by atoms with Crippen LogP contribution in [0.3, 0.4) is 0 Å². The fourth-order valence-corrected chi connectivity index (χ4v) is 1.15. The van der Waals surface area contributed by atoms with Crippen molar-refractivity contribution >= 4 is 0 Å². The number of hydrogen-bond acceptors (Lipinski definition) is 1. The largest absolute Gasteiger partial charge is 1.00 e. The molecule has 0 aliphatic heterocycles. The fourth-order valence-electron chi connectivity index (χ4n) is 1.15. The first-order valence-electron chi connectivity index (χ1n) is 4.45. The molecule has 1 aromatic rings. The summed E-state index contributed by atoms with van der Waals surface area (Å²) in [5.41, 5.74) is 1.30. The number of aliphatic hydroxyl groups is 1. The topological polar surface area (TPSA) is 24.1 Å². The summed E-state index contributed by atoms with van der Waals surface area (Å²) in [5, 5.41) is 8.62. The maximum Gasteiger partial charge on any atom is 0.169 e. The van der Waals surface area contributed by atoms with E-state index in [1.165, 1.54) is 5.56 Å². The van der Waals surface area contributed by atoms with Crippen LogP contribution >= 0.6 is 0 Å². The molecule has 0 saturated heterocycles. The highest BCUT2D eigenvalue weighted by Crippen LogP contribution is 1.98. The highest BCUT2D eigenvalue weighted by Gasteiger charge is 1.96. The Labute approximate surface area is 97.4 Å². The number of pyridine rings is 1. The van der Waals surface area contributed by atoms with E-state index in [1.54, 1.807) is 0 Å². The van der Waals surface area contributed by atoms with Crippen LogP contribution in [0.1, 0.15) is 26.3 Å². The van der Waals surface area contributed by atoms with Gasteiger partial charge >= 0.3 is 0 Å². The molecule has 1 heterocycles. The Bertz CT molecular complexity index is 223. The van der Waals surface area contributed by atoms with Gasteiger partial charge in [-0.1, -0.05) is 7.43 Å². The second kappa shape index (κ2) is 9.16. The number of aromatic nitrogens is 1. The number of hydrogen-bond donors (Lipinski definition) is 1. The van der Waals surface area contributed by atoms with Gasteiger partial charge in [0.1, 0.15) is 6.54 Å². The summed E-state index contributed by atoms with van der Waals surface area (Å²) in [6, 6.07) is 4.22. The van der Waals surface area contributed by atoms with Crippen molar-refractivity contribution in [2.45, 2.75) is 33.7 Å². The van der Waals surface area contributed by atoms with Gasteiger partial charge in [0.15, 0.2) is 12.4 Å². The van der Waals surface area contributed by atoms with Gasteiger partial charge in [0, 0.05) is 18.7 Å². The Balaban J connectivity index is 0. The highest BCUT2D eigenvalue weighted by atomic mass is 79.9. The van der Waals surface area contributed by atoms with E-state index < -0.39 is 0 Å². The van der Waals surface area contributed by atoms with Crippen LogP contribution < -0.4 is 21.5 Å². The summed E-state index contributed by atoms with van der Waals surface area (Å²) >= 11 is 0. The third-order valence-corrected chi connectivity index (χ3v) is 1.95. The third kappa shape index (κ3) is 5.35. The first-order chi connectivity index (χ1) is 5.86. The number of nitrogens with zero attached hydrogens (tertiary/aromatic N) is 1. The minimum atomic E-state index is 0. The Hall–Kier alpha value is -0.410. The first-order valence-corrected chi connectivity index (χ1v) is 4.45. The molecule has 0 atom stereocenters. The molecule has 0 saturated carbocycles. The van der Waals surface area contributed by atoms with Gasteiger partial charge in [0.2, 0.25) is 0 Å². The van der Waals surface area contributed by atoms with Crippen molar-refractivity contribution in [3.63, 3.8) is 0 Å². The van der Waals surface area contributed by atoms with Crippen LogP contribution in [0.15, 0.2) is 24.5 Å². The molecule has 2 nitrogen and oxygen atoms in total. The molecule has 3 heteroatoms. The van der Waals surface area contributed by atoms with Gasteiger partial charge in [-0.25, -0.2) is 4.57 Å². The molecule has 1 rings (SSSR count). The predicted molar refractivity (Wildman–Crippen MR) is 54.4 cm³/mol. The Morgan fingerprint density at radius 1 is 1.29 bits per heavy atom. The van der Waals surface area contributed by atoms with Crippen molar-refractivity contribution in [2.24, 2.45) is 0 Å². The van der Waals surface area contributed by atoms with Gasteiger partial charge in [-0.2, -0.15) is 0 Å². The summed E-state index contributed by atoms with van der Waals surface area (Å²) in [7, 11) is 0. The minimum absolute atomic E-state index is 0. The lowest BCUT2D eigenvalue weighted by molar-refractivity contribution is -0.693. The Kier molecular flexibility index (Phi) is 10.5. The fraction of sp³-hybridized carbons (Fsp3) is 0.545. The van der Waals surface area contributed by atoms with E-state index in [1.807, 2.05) is 0 Å². The maximum atomic E-state index is 8.62. The van der Waals surface area contributed by atoms with Crippen molar-refractivity contribution in [3.8, 4) is 0 Å². The van der Waals surface area contributed by atoms with Crippen LogP contribution in [0.25, 0.3) is 0 Å². The van der Waals surface area contributed by atoms with Crippen molar-refractivity contribution in [2.75, 3.05) is 6.61 Å². The van der Waals surface area contributed by atoms with Crippen LogP contribution in [-0.2, 0) is 13.0 Å². The Morgan fingerprint density at radius 3 is 2.29 bits per heavy atom. The van der Waals surface area contributed by atoms with E-state index in [-0.39, 0.29) is 31.0 Å². The van der Waals surface area contributed by atoms with E-state index in [4.69, 9.17) is 5.11 Å². The van der Waals surface area contributed by atoms with E-state index >= 15 is 0 Å². The van der Waals surface area contributed by atoms with Gasteiger partial charge in [-0.15, -0.1) is 0 Å². The highest BCUT2D eigenvalue weighted by molar-refractivity contribution is 5.06. The van der Waals surface area contributed by atoms with E-state index in [0.29, 0.717) is 0 Å². The lowest BCUT2D eigenvalue weighted by Gasteiger charge is -1.97. The van der Waals surface area contributed by atoms with Gasteiger partial charge in [-0.3, -0.25) is 0 Å². The maximum absolute atomic E-state index is 8.62. The zero-order chi connectivity index (χ0) is 8.81. The molecule has 0 aliphatic rings. The smallest absolute Gasteiger partial charge is 0.169 e. The monoisotopic (exact) mass is 261 g/mol. The number of halogens is 1. The van der Waals surface area contributed by atoms with Crippen molar-refractivity contribution in [1.82, 2.24) is 0 Å². The molecule has 14 heavy (non-hydrogen) atoms. The van der Waals surface area contributed by atoms with Crippen molar-refractivity contribution < 1.29 is 26.7 Å². The van der Waals surface area contributed by atoms with Crippen LogP contribution in [0.5, 0.6) is 0 Å². The first kappa shape index (κ1) is 16.0. The quantitative estimate of drug-likeness (QED) is 0.660.